The van der Waals surface area contributed by atoms with Crippen LogP contribution in [0.3, 0.4) is 0 Å². The minimum absolute atomic E-state index is 0. The van der Waals surface area contributed by atoms with Crippen molar-refractivity contribution in [3.05, 3.63) is 595 Å². The van der Waals surface area contributed by atoms with Gasteiger partial charge in [-0.25, -0.2) is 4.98 Å². The van der Waals surface area contributed by atoms with Gasteiger partial charge in [0.15, 0.2) is 0 Å². The fourth-order valence-electron chi connectivity index (χ4n) is 14.6. The van der Waals surface area contributed by atoms with E-state index in [0.717, 1.165) is 113 Å². The summed E-state index contributed by atoms with van der Waals surface area (Å²) in [5.74, 6) is 1.89. The summed E-state index contributed by atoms with van der Waals surface area (Å²) in [5, 5.41) is 22.0. The molecule has 0 amide bonds. The number of benzene rings is 15. The summed E-state index contributed by atoms with van der Waals surface area (Å²) in [6.45, 7) is 8.07. The molecule has 0 aliphatic carbocycles. The second-order valence-corrected chi connectivity index (χ2v) is 31.9. The number of aryl methyl sites for hydroxylation is 4. The summed E-state index contributed by atoms with van der Waals surface area (Å²) in [6.07, 6.45) is 20.2. The van der Waals surface area contributed by atoms with Crippen LogP contribution in [0.15, 0.2) is 522 Å². The second kappa shape index (κ2) is 57.0. The Bertz CT molecular complexity index is 7080. The molecule has 0 aliphatic heterocycles. The zero-order chi connectivity index (χ0) is 97.9. The Labute approximate surface area is 892 Å². The van der Waals surface area contributed by atoms with Crippen molar-refractivity contribution in [3.8, 4) is 141 Å². The summed E-state index contributed by atoms with van der Waals surface area (Å²) < 4.78 is 19.8. The zero-order valence-corrected chi connectivity index (χ0v) is 85.1. The standard InChI is InChI=1S/3C21H15N2.2C11H11N2.C11H8NO.2C11H8N.C9H6NO.3Rh/c3*1-3-7-17(8-4-1)18-11-13-19(14-12-18)20-15-22-23(16-20)21-9-5-2-6-10-21;2*1-9-8-10(2)13(12-9)11-6-4-3-5-7-11;1-2-6-10(7-3-1)13-11-8-4-5-9-12-11;2*1-2-6-10(7-3-1)11-8-4-5-9-12-11;1-2-4-8(5-3-1)9-10-6-7-11-9;;;/h3*1-9,11-16H;2*3-6,8H,1-2H3;1-6,8-9H;2*1-6,8-9H;1-4,6-7H;;;/q9*-1;3*+3. The van der Waals surface area contributed by atoms with E-state index in [1.807, 2.05) is 367 Å². The van der Waals surface area contributed by atoms with Crippen LogP contribution in [0.4, 0.5) is 0 Å². The van der Waals surface area contributed by atoms with Gasteiger partial charge in [0.2, 0.25) is 5.88 Å². The number of oxazole rings is 1. The number of ether oxygens (including phenoxy) is 1. The second-order valence-electron chi connectivity index (χ2n) is 31.9. The number of para-hydroxylation sites is 6. The van der Waals surface area contributed by atoms with E-state index in [0.29, 0.717) is 17.5 Å². The van der Waals surface area contributed by atoms with Crippen LogP contribution in [0.5, 0.6) is 11.6 Å². The average Bonchev–Trinajstić information content (AvgIpc) is 1.82. The van der Waals surface area contributed by atoms with E-state index < -0.39 is 0 Å². The van der Waals surface area contributed by atoms with E-state index in [2.05, 4.69) is 258 Å². The molecule has 0 radical (unpaired) electrons. The maximum atomic E-state index is 5.41. The Kier molecular flexibility index (Phi) is 41.3. The van der Waals surface area contributed by atoms with Gasteiger partial charge in [0.25, 0.3) is 0 Å². The molecule has 0 fully saturated rings. The molecule has 714 valence electrons. The number of pyridine rings is 3. The van der Waals surface area contributed by atoms with Crippen molar-refractivity contribution in [3.63, 3.8) is 0 Å². The van der Waals surface area contributed by atoms with Gasteiger partial charge in [-0.1, -0.05) is 200 Å². The first-order chi connectivity index (χ1) is 70.6. The van der Waals surface area contributed by atoms with Gasteiger partial charge in [-0.05, 0) is 148 Å². The number of aromatic nitrogens is 14. The molecule has 19 heteroatoms. The maximum Gasteiger partial charge on any atom is 3.00 e. The van der Waals surface area contributed by atoms with Gasteiger partial charge in [0.1, 0.15) is 5.89 Å². The number of nitrogens with zero attached hydrogens (tertiary/aromatic N) is 14. The van der Waals surface area contributed by atoms with Crippen molar-refractivity contribution in [1.29, 1.82) is 0 Å². The summed E-state index contributed by atoms with van der Waals surface area (Å²) in [5.41, 5.74) is 28.2. The number of hydrogen-bond donors (Lipinski definition) is 0. The van der Waals surface area contributed by atoms with E-state index in [1.54, 1.807) is 43.2 Å². The van der Waals surface area contributed by atoms with Crippen molar-refractivity contribution < 1.29 is 67.6 Å². The van der Waals surface area contributed by atoms with Gasteiger partial charge in [-0.15, -0.1) is 145 Å². The van der Waals surface area contributed by atoms with Crippen LogP contribution < -0.4 is 4.74 Å². The largest absolute Gasteiger partial charge is 3.00 e. The Morgan fingerprint density at radius 1 is 0.240 bits per heavy atom. The molecule has 16 nitrogen and oxygen atoms in total. The molecular formula is C127H97N14O2Rh3. The van der Waals surface area contributed by atoms with E-state index in [9.17, 15) is 0 Å². The molecule has 0 unspecified atom stereocenters. The predicted octanol–water partition coefficient (Wildman–Crippen LogP) is 29.5. The molecule has 146 heavy (non-hydrogen) atoms. The fraction of sp³-hybridized carbons (Fsp3) is 0.0315. The third-order valence-corrected chi connectivity index (χ3v) is 21.6. The summed E-state index contributed by atoms with van der Waals surface area (Å²) in [7, 11) is 0. The molecule has 0 spiro atoms. The van der Waals surface area contributed by atoms with E-state index in [4.69, 9.17) is 9.15 Å². The van der Waals surface area contributed by atoms with Crippen LogP contribution in [0.25, 0.3) is 129 Å². The molecule has 24 rings (SSSR count). The van der Waals surface area contributed by atoms with E-state index in [-0.39, 0.29) is 58.4 Å². The smallest absolute Gasteiger partial charge is 0.489 e. The molecular weight excluding hydrogens is 2060 g/mol. The van der Waals surface area contributed by atoms with Crippen molar-refractivity contribution in [2.24, 2.45) is 0 Å². The van der Waals surface area contributed by atoms with Crippen LogP contribution in [0.1, 0.15) is 22.8 Å². The molecule has 24 aromatic rings. The molecule has 0 saturated heterocycles. The van der Waals surface area contributed by atoms with Gasteiger partial charge in [-0.3, -0.25) is 28.4 Å². The summed E-state index contributed by atoms with van der Waals surface area (Å²) >= 11 is 0. The first-order valence-corrected chi connectivity index (χ1v) is 46.3. The predicted molar refractivity (Wildman–Crippen MR) is 571 cm³/mol. The average molecular weight is 2160 g/mol. The zero-order valence-electron chi connectivity index (χ0n) is 80.2. The molecule has 9 heterocycles. The third kappa shape index (κ3) is 31.8. The Hall–Kier alpha value is -17.3. The molecule has 9 aromatic heterocycles. The molecule has 0 atom stereocenters. The molecule has 0 saturated carbocycles. The summed E-state index contributed by atoms with van der Waals surface area (Å²) in [4.78, 5) is 16.5. The van der Waals surface area contributed by atoms with E-state index >= 15 is 0 Å². The quantitative estimate of drug-likeness (QED) is 0.0668. The molecule has 0 bridgehead atoms. The van der Waals surface area contributed by atoms with Crippen molar-refractivity contribution in [1.82, 2.24) is 68.8 Å². The van der Waals surface area contributed by atoms with Crippen LogP contribution in [-0.2, 0) is 58.4 Å². The number of hydrogen-bond acceptors (Lipinski definition) is 11. The van der Waals surface area contributed by atoms with Gasteiger partial charge < -0.3 is 19.1 Å². The van der Waals surface area contributed by atoms with E-state index in [1.165, 1.54) is 33.4 Å². The van der Waals surface area contributed by atoms with Gasteiger partial charge in [-0.2, -0.15) is 165 Å². The normalized spacial score (nSPS) is 10.0. The Morgan fingerprint density at radius 2 is 0.527 bits per heavy atom. The molecule has 15 aromatic carbocycles. The minimum Gasteiger partial charge on any atom is -0.489 e. The summed E-state index contributed by atoms with van der Waals surface area (Å²) in [6, 6.07) is 176. The minimum atomic E-state index is 0. The van der Waals surface area contributed by atoms with Crippen molar-refractivity contribution >= 4 is 0 Å². The SMILES string of the molecule is Cc1cc(C)n(-c2[c-]cccc2)n1.Cc1cc(C)n(-c2[c-]cccc2)n1.[Rh+3].[Rh+3].[Rh+3].[c-]1ccccc1-c1ccccn1.[c-]1ccccc1-c1ccccn1.[c-]1ccccc1-c1ncco1.[c-]1ccccc1-n1cc(-c2ccc(-c3ccccc3)cc2)cn1.[c-]1ccccc1-n1cc(-c2ccc(-c3ccccc3)cc2)cn1.[c-]1ccccc1-n1cc(-c2ccc(-c3ccccc3)cc2)cn1.[c-]1ccccc1Oc1ccccn1. The van der Waals surface area contributed by atoms with Gasteiger partial charge in [0.05, 0.1) is 42.4 Å². The van der Waals surface area contributed by atoms with Crippen LogP contribution >= 0.6 is 0 Å². The monoisotopic (exact) mass is 2160 g/mol. The topological polar surface area (TPSA) is 163 Å². The van der Waals surface area contributed by atoms with Crippen LogP contribution in [-0.4, -0.2) is 68.8 Å². The first kappa shape index (κ1) is 106. The fourth-order valence-corrected chi connectivity index (χ4v) is 14.6. The van der Waals surface area contributed by atoms with Gasteiger partial charge in [0, 0.05) is 77.1 Å². The first-order valence-electron chi connectivity index (χ1n) is 46.3. The van der Waals surface area contributed by atoms with Crippen molar-refractivity contribution in [2.75, 3.05) is 0 Å². The number of rotatable bonds is 16. The van der Waals surface area contributed by atoms with Crippen LogP contribution in [0.2, 0.25) is 0 Å². The Balaban J connectivity index is 0.000000139. The third-order valence-electron chi connectivity index (χ3n) is 21.6. The van der Waals surface area contributed by atoms with Crippen LogP contribution in [0, 0.1) is 82.3 Å². The maximum absolute atomic E-state index is 5.41. The molecule has 0 N–H and O–H groups in total. The molecule has 0 aliphatic rings. The van der Waals surface area contributed by atoms with Crippen molar-refractivity contribution in [2.45, 2.75) is 27.7 Å². The van der Waals surface area contributed by atoms with Gasteiger partial charge >= 0.3 is 58.4 Å². The Morgan fingerprint density at radius 3 is 0.801 bits per heavy atom.